The summed E-state index contributed by atoms with van der Waals surface area (Å²) in [5.41, 5.74) is 9.81. The Balaban J connectivity index is 2.04. The molecule has 0 unspecified atom stereocenters. The molecule has 0 saturated heterocycles. The first-order chi connectivity index (χ1) is 20.8. The van der Waals surface area contributed by atoms with E-state index < -0.39 is 0 Å². The molecule has 0 amide bonds. The number of hydrogen-bond acceptors (Lipinski definition) is 2. The molecule has 5 rings (SSSR count). The molecular formula is C42H55NO2. The molecule has 2 heterocycles. The van der Waals surface area contributed by atoms with Gasteiger partial charge in [0.15, 0.2) is 11.5 Å². The number of H-pyrrole nitrogens is 1. The molecule has 0 bridgehead atoms. The summed E-state index contributed by atoms with van der Waals surface area (Å²) in [4.78, 5) is 3.79. The second-order valence-electron chi connectivity index (χ2n) is 17.0. The summed E-state index contributed by atoms with van der Waals surface area (Å²) in [5, 5.41) is 4.59. The van der Waals surface area contributed by atoms with Crippen molar-refractivity contribution in [3.63, 3.8) is 0 Å². The van der Waals surface area contributed by atoms with Gasteiger partial charge in [-0.2, -0.15) is 0 Å². The molecule has 3 heteroatoms. The molecule has 1 N–H and O–H groups in total. The van der Waals surface area contributed by atoms with Crippen LogP contribution in [0.15, 0.2) is 36.4 Å². The molecular weight excluding hydrogens is 550 g/mol. The number of aromatic amines is 1. The van der Waals surface area contributed by atoms with Gasteiger partial charge in [-0.15, -0.1) is 0 Å². The fraction of sp³-hybridized carbons (Fsp3) is 0.476. The summed E-state index contributed by atoms with van der Waals surface area (Å²) in [5.74, 6) is 1.69. The summed E-state index contributed by atoms with van der Waals surface area (Å²) >= 11 is 0. The van der Waals surface area contributed by atoms with Gasteiger partial charge >= 0.3 is 0 Å². The molecule has 0 radical (unpaired) electrons. The summed E-state index contributed by atoms with van der Waals surface area (Å²) in [6, 6.07) is 14.3. The van der Waals surface area contributed by atoms with Gasteiger partial charge in [-0.25, -0.2) is 0 Å². The van der Waals surface area contributed by atoms with Gasteiger partial charge in [0.1, 0.15) is 13.2 Å². The molecule has 1 aromatic heterocycles. The van der Waals surface area contributed by atoms with Gasteiger partial charge in [0.2, 0.25) is 0 Å². The largest absolute Gasteiger partial charge is 0.485 e. The fourth-order valence-electron chi connectivity index (χ4n) is 6.34. The van der Waals surface area contributed by atoms with Crippen LogP contribution in [-0.4, -0.2) is 18.2 Å². The van der Waals surface area contributed by atoms with Crippen molar-refractivity contribution in [1.29, 1.82) is 0 Å². The van der Waals surface area contributed by atoms with E-state index in [9.17, 15) is 0 Å². The highest BCUT2D eigenvalue weighted by atomic mass is 16.6. The van der Waals surface area contributed by atoms with Gasteiger partial charge in [-0.3, -0.25) is 0 Å². The molecule has 0 saturated carbocycles. The maximum Gasteiger partial charge on any atom is 0.170 e. The number of rotatable bonds is 2. The van der Waals surface area contributed by atoms with Crippen molar-refractivity contribution >= 4 is 22.9 Å². The highest BCUT2D eigenvalue weighted by Crippen LogP contribution is 2.52. The van der Waals surface area contributed by atoms with E-state index in [1.165, 1.54) is 44.2 Å². The standard InChI is InChI=1S/C42H55NO2/c1-15-31-35-33(25-19-27(39(3,4)5)23-28(20-25)40(6,7)8)37-38(45-18-17-44-37)34(36(35)32(16-2)43-31)26-21-29(41(9,10)11)24-30(22-26)42(12,13)14/h15-16,19-24,43H,17-18H2,1-14H3/b31-15-,32-16-. The van der Waals surface area contributed by atoms with E-state index in [1.54, 1.807) is 0 Å². The van der Waals surface area contributed by atoms with Gasteiger partial charge in [0.05, 0.1) is 0 Å². The quantitative estimate of drug-likeness (QED) is 0.247. The average molecular weight is 606 g/mol. The van der Waals surface area contributed by atoms with Crippen LogP contribution in [0.4, 0.5) is 0 Å². The second-order valence-corrected chi connectivity index (χ2v) is 17.0. The Bertz CT molecular complexity index is 1690. The van der Waals surface area contributed by atoms with Crippen molar-refractivity contribution in [1.82, 2.24) is 4.98 Å². The predicted octanol–water partition coefficient (Wildman–Crippen LogP) is 10.1. The van der Waals surface area contributed by atoms with Crippen molar-refractivity contribution in [3.05, 3.63) is 69.4 Å². The lowest BCUT2D eigenvalue weighted by atomic mass is 9.77. The van der Waals surface area contributed by atoms with Crippen LogP contribution in [0.2, 0.25) is 0 Å². The van der Waals surface area contributed by atoms with E-state index in [0.717, 1.165) is 33.3 Å². The smallest absolute Gasteiger partial charge is 0.170 e. The summed E-state index contributed by atoms with van der Waals surface area (Å²) in [6.45, 7) is 32.9. The van der Waals surface area contributed by atoms with Gasteiger partial charge in [-0.1, -0.05) is 132 Å². The highest BCUT2D eigenvalue weighted by molar-refractivity contribution is 6.11. The number of nitrogens with one attached hydrogen (secondary N) is 1. The Kier molecular flexibility index (Phi) is 8.13. The van der Waals surface area contributed by atoms with Crippen LogP contribution in [0.3, 0.4) is 0 Å². The number of aromatic nitrogens is 1. The predicted molar refractivity (Wildman–Crippen MR) is 194 cm³/mol. The number of ether oxygens (including phenoxy) is 2. The average Bonchev–Trinajstić information content (AvgIpc) is 3.31. The van der Waals surface area contributed by atoms with Crippen LogP contribution in [-0.2, 0) is 21.7 Å². The van der Waals surface area contributed by atoms with E-state index in [1.807, 2.05) is 0 Å². The first-order valence-corrected chi connectivity index (χ1v) is 16.7. The summed E-state index contributed by atoms with van der Waals surface area (Å²) in [6.07, 6.45) is 4.40. The molecule has 1 aliphatic rings. The monoisotopic (exact) mass is 605 g/mol. The minimum Gasteiger partial charge on any atom is -0.485 e. The molecule has 3 nitrogen and oxygen atoms in total. The van der Waals surface area contributed by atoms with E-state index in [-0.39, 0.29) is 21.7 Å². The minimum absolute atomic E-state index is 0.0105. The molecule has 0 atom stereocenters. The molecule has 0 aliphatic carbocycles. The SMILES string of the molecule is C/C=c1\[nH]/c(=C\C)c2c(-c3cc(C(C)(C)C)cc(C(C)(C)C)c3)c3c(c(-c4cc(C(C)(C)C)cc(C(C)(C)C)c4)c12)OCCO3. The first-order valence-electron chi connectivity index (χ1n) is 16.7. The van der Waals surface area contributed by atoms with Crippen molar-refractivity contribution in [2.24, 2.45) is 0 Å². The second kappa shape index (κ2) is 11.1. The first kappa shape index (κ1) is 32.9. The highest BCUT2D eigenvalue weighted by Gasteiger charge is 2.31. The van der Waals surface area contributed by atoms with Gasteiger partial charge in [0, 0.05) is 32.6 Å². The van der Waals surface area contributed by atoms with Gasteiger partial charge in [-0.05, 0) is 68.9 Å². The van der Waals surface area contributed by atoms with Crippen LogP contribution in [0.1, 0.15) is 119 Å². The van der Waals surface area contributed by atoms with E-state index in [2.05, 4.69) is 150 Å². The molecule has 3 aromatic carbocycles. The molecule has 240 valence electrons. The van der Waals surface area contributed by atoms with Crippen LogP contribution in [0.5, 0.6) is 11.5 Å². The van der Waals surface area contributed by atoms with Crippen LogP contribution >= 0.6 is 0 Å². The van der Waals surface area contributed by atoms with Crippen molar-refractivity contribution < 1.29 is 9.47 Å². The van der Waals surface area contributed by atoms with E-state index in [0.29, 0.717) is 13.2 Å². The third-order valence-corrected chi connectivity index (χ3v) is 9.28. The Morgan fingerprint density at radius 3 is 1.02 bits per heavy atom. The van der Waals surface area contributed by atoms with E-state index >= 15 is 0 Å². The molecule has 0 fully saturated rings. The number of fused-ring (bicyclic) bond motifs is 2. The Morgan fingerprint density at radius 2 is 0.778 bits per heavy atom. The molecule has 0 spiro atoms. The molecule has 4 aromatic rings. The van der Waals surface area contributed by atoms with Crippen LogP contribution in [0, 0.1) is 0 Å². The molecule has 45 heavy (non-hydrogen) atoms. The van der Waals surface area contributed by atoms with Crippen molar-refractivity contribution in [2.75, 3.05) is 13.2 Å². The fourth-order valence-corrected chi connectivity index (χ4v) is 6.34. The zero-order valence-electron chi connectivity index (χ0n) is 30.3. The lowest BCUT2D eigenvalue weighted by Gasteiger charge is -2.30. The third-order valence-electron chi connectivity index (χ3n) is 9.28. The normalized spacial score (nSPS) is 15.3. The summed E-state index contributed by atoms with van der Waals surface area (Å²) < 4.78 is 13.4. The Labute approximate surface area is 271 Å². The lowest BCUT2D eigenvalue weighted by Crippen LogP contribution is -2.19. The number of benzene rings is 3. The van der Waals surface area contributed by atoms with E-state index in [4.69, 9.17) is 9.47 Å². The van der Waals surface area contributed by atoms with Gasteiger partial charge < -0.3 is 14.5 Å². The Hall–Kier alpha value is -3.46. The zero-order chi connectivity index (χ0) is 33.3. The van der Waals surface area contributed by atoms with Gasteiger partial charge in [0.25, 0.3) is 0 Å². The third kappa shape index (κ3) is 6.08. The van der Waals surface area contributed by atoms with Crippen LogP contribution in [0.25, 0.3) is 45.2 Å². The number of hydrogen-bond donors (Lipinski definition) is 1. The van der Waals surface area contributed by atoms with Crippen molar-refractivity contribution in [3.8, 4) is 33.8 Å². The maximum atomic E-state index is 6.70. The lowest BCUT2D eigenvalue weighted by molar-refractivity contribution is 0.173. The Morgan fingerprint density at radius 1 is 0.489 bits per heavy atom. The van der Waals surface area contributed by atoms with Crippen molar-refractivity contribution in [2.45, 2.75) is 119 Å². The maximum absolute atomic E-state index is 6.70. The van der Waals surface area contributed by atoms with Crippen LogP contribution < -0.4 is 20.2 Å². The topological polar surface area (TPSA) is 34.2 Å². The zero-order valence-corrected chi connectivity index (χ0v) is 30.3. The minimum atomic E-state index is -0.0105. The molecule has 1 aliphatic heterocycles. The summed E-state index contributed by atoms with van der Waals surface area (Å²) in [7, 11) is 0.